The van der Waals surface area contributed by atoms with E-state index in [0.29, 0.717) is 6.42 Å². The minimum absolute atomic E-state index is 0.00534. The molecule has 1 aromatic heterocycles. The minimum Gasteiger partial charge on any atom is -0.505 e. The van der Waals surface area contributed by atoms with E-state index in [2.05, 4.69) is 4.74 Å². The Bertz CT molecular complexity index is 1200. The van der Waals surface area contributed by atoms with Crippen molar-refractivity contribution in [2.75, 3.05) is 6.61 Å². The molecule has 1 N–H and O–H groups in total. The van der Waals surface area contributed by atoms with Gasteiger partial charge in [0, 0.05) is 16.6 Å². The minimum atomic E-state index is -4.88. The van der Waals surface area contributed by atoms with Gasteiger partial charge in [0.2, 0.25) is 0 Å². The van der Waals surface area contributed by atoms with E-state index in [1.54, 1.807) is 0 Å². The molecule has 0 fully saturated rings. The molecule has 10 heteroatoms. The Morgan fingerprint density at radius 3 is 2.33 bits per heavy atom. The number of rotatable bonds is 6. The van der Waals surface area contributed by atoms with Gasteiger partial charge in [-0.25, -0.2) is 4.39 Å². The lowest BCUT2D eigenvalue weighted by molar-refractivity contribution is -0.274. The summed E-state index contributed by atoms with van der Waals surface area (Å²) in [6.45, 7) is 4.99. The Kier molecular flexibility index (Phi) is 6.66. The number of benzene rings is 2. The molecule has 1 heterocycles. The molecular formula is C23H21F4NO5. The van der Waals surface area contributed by atoms with Gasteiger partial charge in [0.05, 0.1) is 18.0 Å². The van der Waals surface area contributed by atoms with Crippen molar-refractivity contribution in [1.82, 2.24) is 4.57 Å². The maximum Gasteiger partial charge on any atom is 0.573 e. The highest BCUT2D eigenvalue weighted by molar-refractivity contribution is 6.05. The van der Waals surface area contributed by atoms with Crippen LogP contribution in [0.3, 0.4) is 0 Å². The first-order chi connectivity index (χ1) is 15.5. The molecule has 3 rings (SSSR count). The van der Waals surface area contributed by atoms with Crippen LogP contribution in [0.2, 0.25) is 0 Å². The zero-order valence-corrected chi connectivity index (χ0v) is 18.0. The van der Waals surface area contributed by atoms with Crippen LogP contribution in [0.5, 0.6) is 11.5 Å². The largest absolute Gasteiger partial charge is 0.573 e. The van der Waals surface area contributed by atoms with Crippen molar-refractivity contribution in [1.29, 1.82) is 0 Å². The van der Waals surface area contributed by atoms with Crippen LogP contribution in [0.25, 0.3) is 10.9 Å². The molecule has 3 aromatic rings. The number of fused-ring (bicyclic) bond motifs is 1. The highest BCUT2D eigenvalue weighted by Crippen LogP contribution is 2.37. The molecule has 0 unspecified atom stereocenters. The molecule has 0 amide bonds. The van der Waals surface area contributed by atoms with Gasteiger partial charge in [-0.1, -0.05) is 6.92 Å². The van der Waals surface area contributed by atoms with E-state index in [1.807, 2.05) is 6.92 Å². The molecule has 1 atom stereocenters. The van der Waals surface area contributed by atoms with Crippen molar-refractivity contribution in [2.24, 2.45) is 0 Å². The Labute approximate surface area is 186 Å². The normalized spacial score (nSPS) is 12.6. The number of aromatic nitrogens is 1. The first-order valence-corrected chi connectivity index (χ1v) is 10.1. The summed E-state index contributed by atoms with van der Waals surface area (Å²) >= 11 is 0. The number of carbonyl (C=O) groups excluding carboxylic acids is 2. The number of hydrogen-bond donors (Lipinski definition) is 1. The third-order valence-electron chi connectivity index (χ3n) is 5.11. The highest BCUT2D eigenvalue weighted by Gasteiger charge is 2.32. The number of phenolic OH excluding ortho intramolecular Hbond substituents is 1. The van der Waals surface area contributed by atoms with Gasteiger partial charge in [-0.05, 0) is 62.2 Å². The Morgan fingerprint density at radius 2 is 1.76 bits per heavy atom. The summed E-state index contributed by atoms with van der Waals surface area (Å²) in [5.41, 5.74) is 0.500. The predicted octanol–water partition coefficient (Wildman–Crippen LogP) is 5.44. The van der Waals surface area contributed by atoms with Crippen LogP contribution in [0.15, 0.2) is 36.4 Å². The molecule has 0 aliphatic carbocycles. The van der Waals surface area contributed by atoms with Crippen LogP contribution in [-0.2, 0) is 9.53 Å². The lowest BCUT2D eigenvalue weighted by atomic mass is 9.97. The predicted molar refractivity (Wildman–Crippen MR) is 111 cm³/mol. The van der Waals surface area contributed by atoms with E-state index in [4.69, 9.17) is 4.74 Å². The van der Waals surface area contributed by atoms with Gasteiger partial charge >= 0.3 is 12.3 Å². The van der Waals surface area contributed by atoms with Gasteiger partial charge in [-0.2, -0.15) is 0 Å². The average Bonchev–Trinajstić information content (AvgIpc) is 3.05. The van der Waals surface area contributed by atoms with Crippen molar-refractivity contribution in [3.05, 3.63) is 59.0 Å². The van der Waals surface area contributed by atoms with Gasteiger partial charge in [-0.15, -0.1) is 13.2 Å². The second-order valence-electron chi connectivity index (χ2n) is 7.39. The molecular weight excluding hydrogens is 446 g/mol. The molecule has 176 valence electrons. The Hall–Kier alpha value is -3.56. The number of ether oxygens (including phenoxy) is 2. The van der Waals surface area contributed by atoms with Crippen LogP contribution >= 0.6 is 0 Å². The fourth-order valence-corrected chi connectivity index (χ4v) is 3.64. The fourth-order valence-electron chi connectivity index (χ4n) is 3.64. The quantitative estimate of drug-likeness (QED) is 0.386. The zero-order chi connectivity index (χ0) is 24.5. The summed E-state index contributed by atoms with van der Waals surface area (Å²) in [5, 5.41) is 9.78. The molecule has 0 saturated heterocycles. The van der Waals surface area contributed by atoms with Crippen molar-refractivity contribution < 1.29 is 41.7 Å². The molecule has 0 aliphatic rings. The fraction of sp³-hybridized carbons (Fsp3) is 0.304. The molecule has 0 aliphatic heterocycles. The van der Waals surface area contributed by atoms with Gasteiger partial charge in [-0.3, -0.25) is 14.2 Å². The van der Waals surface area contributed by atoms with Gasteiger partial charge in [0.15, 0.2) is 11.6 Å². The van der Waals surface area contributed by atoms with Crippen LogP contribution in [-0.4, -0.2) is 34.5 Å². The maximum absolute atomic E-state index is 15.0. The summed E-state index contributed by atoms with van der Waals surface area (Å²) in [7, 11) is 0. The summed E-state index contributed by atoms with van der Waals surface area (Å²) in [6, 6.07) is 6.66. The van der Waals surface area contributed by atoms with Crippen LogP contribution in [0.1, 0.15) is 47.8 Å². The summed E-state index contributed by atoms with van der Waals surface area (Å²) in [4.78, 5) is 25.7. The summed E-state index contributed by atoms with van der Waals surface area (Å²) in [5.74, 6) is -4.40. The Balaban J connectivity index is 2.12. The topological polar surface area (TPSA) is 77.8 Å². The second-order valence-corrected chi connectivity index (χ2v) is 7.39. The second kappa shape index (κ2) is 9.13. The smallest absolute Gasteiger partial charge is 0.505 e. The van der Waals surface area contributed by atoms with Gasteiger partial charge in [0.1, 0.15) is 5.75 Å². The maximum atomic E-state index is 15.0. The standard InChI is InChI=1S/C23H21F4NO5/c1-4-11-32-22(31)12(2)18-13(3)28(16-9-10-17(29)20(24)19(16)18)21(30)14-5-7-15(8-6-14)33-23(25,26)27/h5-10,12,29H,4,11H2,1-3H3/t12-/m1/s1. The number of carbonyl (C=O) groups is 2. The number of halogens is 4. The third-order valence-corrected chi connectivity index (χ3v) is 5.11. The van der Waals surface area contributed by atoms with E-state index in [0.717, 1.165) is 34.9 Å². The molecule has 0 radical (unpaired) electrons. The summed E-state index contributed by atoms with van der Waals surface area (Å²) < 4.78 is 62.3. The molecule has 6 nitrogen and oxygen atoms in total. The lowest BCUT2D eigenvalue weighted by Crippen LogP contribution is -2.18. The van der Waals surface area contributed by atoms with Crippen LogP contribution in [0.4, 0.5) is 17.6 Å². The Morgan fingerprint density at radius 1 is 1.12 bits per heavy atom. The lowest BCUT2D eigenvalue weighted by Gasteiger charge is -2.13. The monoisotopic (exact) mass is 467 g/mol. The van der Waals surface area contributed by atoms with E-state index < -0.39 is 41.5 Å². The van der Waals surface area contributed by atoms with Crippen molar-refractivity contribution in [3.8, 4) is 11.5 Å². The van der Waals surface area contributed by atoms with Crippen molar-refractivity contribution in [2.45, 2.75) is 39.5 Å². The van der Waals surface area contributed by atoms with Crippen LogP contribution < -0.4 is 4.74 Å². The number of esters is 1. The van der Waals surface area contributed by atoms with Gasteiger partial charge in [0.25, 0.3) is 5.91 Å². The number of alkyl halides is 3. The average molecular weight is 467 g/mol. The first kappa shape index (κ1) is 24.1. The van der Waals surface area contributed by atoms with Crippen LogP contribution in [0, 0.1) is 12.7 Å². The number of aromatic hydroxyl groups is 1. The SMILES string of the molecule is CCCOC(=O)[C@H](C)c1c(C)n(C(=O)c2ccc(OC(F)(F)F)cc2)c2ccc(O)c(F)c12. The molecule has 0 spiro atoms. The molecule has 33 heavy (non-hydrogen) atoms. The molecule has 2 aromatic carbocycles. The first-order valence-electron chi connectivity index (χ1n) is 10.1. The number of hydrogen-bond acceptors (Lipinski definition) is 5. The van der Waals surface area contributed by atoms with Crippen molar-refractivity contribution >= 4 is 22.8 Å². The zero-order valence-electron chi connectivity index (χ0n) is 18.0. The van der Waals surface area contributed by atoms with Gasteiger partial charge < -0.3 is 14.6 Å². The van der Waals surface area contributed by atoms with Crippen molar-refractivity contribution in [3.63, 3.8) is 0 Å². The number of nitrogens with zero attached hydrogens (tertiary/aromatic N) is 1. The third kappa shape index (κ3) is 4.79. The number of phenols is 1. The van der Waals surface area contributed by atoms with E-state index in [-0.39, 0.29) is 34.3 Å². The molecule has 0 saturated carbocycles. The highest BCUT2D eigenvalue weighted by atomic mass is 19.4. The van der Waals surface area contributed by atoms with E-state index in [1.165, 1.54) is 19.9 Å². The van der Waals surface area contributed by atoms with E-state index in [9.17, 15) is 32.3 Å². The summed E-state index contributed by atoms with van der Waals surface area (Å²) in [6.07, 6.45) is -4.30. The van der Waals surface area contributed by atoms with E-state index >= 15 is 0 Å². The molecule has 0 bridgehead atoms.